The third-order valence-electron chi connectivity index (χ3n) is 4.00. The van der Waals surface area contributed by atoms with Crippen molar-refractivity contribution < 1.29 is 4.79 Å². The molecule has 0 aliphatic carbocycles. The van der Waals surface area contributed by atoms with Crippen molar-refractivity contribution in [3.8, 4) is 11.3 Å². The molecule has 0 fully saturated rings. The summed E-state index contributed by atoms with van der Waals surface area (Å²) in [5.41, 5.74) is 5.35. The number of hydrogen-bond acceptors (Lipinski definition) is 5. The molecule has 2 amide bonds. The first-order chi connectivity index (χ1) is 14.0. The number of carbonyl (C=O) groups excluding carboxylic acids is 1. The molecule has 3 aromatic rings. The van der Waals surface area contributed by atoms with Crippen molar-refractivity contribution in [2.45, 2.75) is 20.8 Å². The average molecular weight is 406 g/mol. The number of fused-ring (bicyclic) bond motifs is 1. The van der Waals surface area contributed by atoms with Gasteiger partial charge in [0.15, 0.2) is 5.13 Å². The predicted molar refractivity (Wildman–Crippen MR) is 123 cm³/mol. The second-order valence-electron chi connectivity index (χ2n) is 6.46. The van der Waals surface area contributed by atoms with Gasteiger partial charge in [-0.1, -0.05) is 30.1 Å². The molecule has 29 heavy (non-hydrogen) atoms. The smallest absolute Gasteiger partial charge is 0.321 e. The van der Waals surface area contributed by atoms with E-state index in [-0.39, 0.29) is 6.03 Å². The fourth-order valence-corrected chi connectivity index (χ4v) is 3.67. The lowest BCUT2D eigenvalue weighted by Crippen LogP contribution is -2.28. The highest BCUT2D eigenvalue weighted by Gasteiger charge is 2.15. The van der Waals surface area contributed by atoms with Crippen LogP contribution in [0, 0.1) is 0 Å². The van der Waals surface area contributed by atoms with Crippen LogP contribution in [0.1, 0.15) is 26.3 Å². The SMILES string of the molecule is C=C/C(=C\N=C(C)C)c1cc(-c2ccccn2)c2sc(NC(=O)NCC)nc2c1. The second kappa shape index (κ2) is 9.25. The molecular weight excluding hydrogens is 382 g/mol. The summed E-state index contributed by atoms with van der Waals surface area (Å²) in [5.74, 6) is 0. The van der Waals surface area contributed by atoms with E-state index in [1.54, 1.807) is 18.5 Å². The zero-order valence-corrected chi connectivity index (χ0v) is 17.5. The summed E-state index contributed by atoms with van der Waals surface area (Å²) in [6, 6.07) is 9.56. The Bertz CT molecular complexity index is 1100. The summed E-state index contributed by atoms with van der Waals surface area (Å²) in [7, 11) is 0. The third kappa shape index (κ3) is 4.94. The summed E-state index contributed by atoms with van der Waals surface area (Å²) in [6.45, 7) is 10.2. The van der Waals surface area contributed by atoms with Crippen LogP contribution in [0.15, 0.2) is 60.4 Å². The number of aliphatic imine (C=N–C) groups is 1. The zero-order chi connectivity index (χ0) is 20.8. The van der Waals surface area contributed by atoms with E-state index < -0.39 is 0 Å². The lowest BCUT2D eigenvalue weighted by atomic mass is 10.0. The number of anilines is 1. The predicted octanol–water partition coefficient (Wildman–Crippen LogP) is 5.51. The highest BCUT2D eigenvalue weighted by atomic mass is 32.1. The third-order valence-corrected chi connectivity index (χ3v) is 5.02. The molecule has 7 heteroatoms. The molecule has 0 saturated heterocycles. The van der Waals surface area contributed by atoms with E-state index >= 15 is 0 Å². The minimum absolute atomic E-state index is 0.273. The standard InChI is InChI=1S/C22H23N5OS/c1-5-15(13-25-14(3)4)16-11-17(18-9-7-8-10-24-18)20-19(12-16)26-22(29-20)27-21(28)23-6-2/h5,7-13H,1,6H2,2-4H3,(H2,23,26,27,28)/b15-13+. The van der Waals surface area contributed by atoms with Crippen molar-refractivity contribution in [1.82, 2.24) is 15.3 Å². The molecule has 0 saturated carbocycles. The summed E-state index contributed by atoms with van der Waals surface area (Å²) >= 11 is 1.42. The average Bonchev–Trinajstić information content (AvgIpc) is 3.10. The normalized spacial score (nSPS) is 11.2. The fourth-order valence-electron chi connectivity index (χ4n) is 2.71. The summed E-state index contributed by atoms with van der Waals surface area (Å²) < 4.78 is 0.956. The Hall–Kier alpha value is -3.32. The largest absolute Gasteiger partial charge is 0.338 e. The van der Waals surface area contributed by atoms with Crippen molar-refractivity contribution in [2.24, 2.45) is 4.99 Å². The first kappa shape index (κ1) is 20.4. The molecule has 0 spiro atoms. The van der Waals surface area contributed by atoms with Crippen molar-refractivity contribution in [3.63, 3.8) is 0 Å². The molecule has 0 atom stereocenters. The van der Waals surface area contributed by atoms with Gasteiger partial charge in [0.1, 0.15) is 0 Å². The lowest BCUT2D eigenvalue weighted by molar-refractivity contribution is 0.252. The van der Waals surface area contributed by atoms with Gasteiger partial charge in [0.05, 0.1) is 15.9 Å². The van der Waals surface area contributed by atoms with E-state index in [4.69, 9.17) is 0 Å². The molecule has 2 heterocycles. The highest BCUT2D eigenvalue weighted by Crippen LogP contribution is 2.37. The van der Waals surface area contributed by atoms with E-state index in [1.807, 2.05) is 45.0 Å². The van der Waals surface area contributed by atoms with Crippen LogP contribution in [-0.4, -0.2) is 28.3 Å². The number of urea groups is 1. The van der Waals surface area contributed by atoms with E-state index in [1.165, 1.54) is 11.3 Å². The maximum atomic E-state index is 11.9. The Morgan fingerprint density at radius 2 is 2.14 bits per heavy atom. The van der Waals surface area contributed by atoms with Gasteiger partial charge in [-0.3, -0.25) is 15.3 Å². The van der Waals surface area contributed by atoms with Crippen LogP contribution >= 0.6 is 11.3 Å². The number of pyridine rings is 1. The van der Waals surface area contributed by atoms with Crippen LogP contribution in [0.5, 0.6) is 0 Å². The molecule has 0 radical (unpaired) electrons. The monoisotopic (exact) mass is 405 g/mol. The van der Waals surface area contributed by atoms with Crippen LogP contribution in [0.2, 0.25) is 0 Å². The zero-order valence-electron chi connectivity index (χ0n) is 16.7. The number of benzene rings is 1. The summed E-state index contributed by atoms with van der Waals surface area (Å²) in [6.07, 6.45) is 5.33. The van der Waals surface area contributed by atoms with E-state index in [2.05, 4.69) is 38.2 Å². The molecule has 148 valence electrons. The number of allylic oxidation sites excluding steroid dienone is 2. The van der Waals surface area contributed by atoms with Crippen molar-refractivity contribution in [1.29, 1.82) is 0 Å². The number of nitrogens with one attached hydrogen (secondary N) is 2. The summed E-state index contributed by atoms with van der Waals surface area (Å²) in [4.78, 5) is 25.4. The number of aromatic nitrogens is 2. The molecule has 0 bridgehead atoms. The van der Waals surface area contributed by atoms with E-state index in [9.17, 15) is 4.79 Å². The molecule has 1 aromatic carbocycles. The van der Waals surface area contributed by atoms with Gasteiger partial charge in [0.25, 0.3) is 0 Å². The maximum absolute atomic E-state index is 11.9. The van der Waals surface area contributed by atoms with Gasteiger partial charge in [-0.2, -0.15) is 0 Å². The van der Waals surface area contributed by atoms with Crippen LogP contribution in [0.3, 0.4) is 0 Å². The molecule has 2 N–H and O–H groups in total. The molecule has 6 nitrogen and oxygen atoms in total. The van der Waals surface area contributed by atoms with Gasteiger partial charge in [-0.25, -0.2) is 9.78 Å². The van der Waals surface area contributed by atoms with Crippen LogP contribution in [-0.2, 0) is 0 Å². The Balaban J connectivity index is 2.17. The van der Waals surface area contributed by atoms with Crippen molar-refractivity contribution in [2.75, 3.05) is 11.9 Å². The Kier molecular flexibility index (Phi) is 6.51. The first-order valence-electron chi connectivity index (χ1n) is 9.26. The number of thiazole rings is 1. The number of nitrogens with zero attached hydrogens (tertiary/aromatic N) is 3. The topological polar surface area (TPSA) is 79.3 Å². The lowest BCUT2D eigenvalue weighted by Gasteiger charge is -2.07. The first-order valence-corrected chi connectivity index (χ1v) is 10.1. The molecule has 0 aliphatic rings. The number of carbonyl (C=O) groups is 1. The van der Waals surface area contributed by atoms with Gasteiger partial charge in [0, 0.05) is 30.2 Å². The van der Waals surface area contributed by atoms with Gasteiger partial charge in [-0.05, 0) is 56.2 Å². The van der Waals surface area contributed by atoms with Crippen molar-refractivity contribution >= 4 is 44.0 Å². The fraction of sp³-hybridized carbons (Fsp3) is 0.182. The number of amides is 2. The maximum Gasteiger partial charge on any atom is 0.321 e. The molecule has 0 unspecified atom stereocenters. The second-order valence-corrected chi connectivity index (χ2v) is 7.45. The minimum Gasteiger partial charge on any atom is -0.338 e. The Morgan fingerprint density at radius 1 is 1.31 bits per heavy atom. The Labute approximate surface area is 174 Å². The minimum atomic E-state index is -0.273. The van der Waals surface area contributed by atoms with E-state index in [0.29, 0.717) is 11.7 Å². The van der Waals surface area contributed by atoms with Crippen LogP contribution in [0.4, 0.5) is 9.93 Å². The van der Waals surface area contributed by atoms with Gasteiger partial charge >= 0.3 is 6.03 Å². The molecule has 0 aliphatic heterocycles. The van der Waals surface area contributed by atoms with Crippen LogP contribution < -0.4 is 10.6 Å². The molecular formula is C22H23N5OS. The highest BCUT2D eigenvalue weighted by molar-refractivity contribution is 7.22. The van der Waals surface area contributed by atoms with Crippen molar-refractivity contribution in [3.05, 3.63) is 60.9 Å². The quantitative estimate of drug-likeness (QED) is 0.419. The molecule has 2 aromatic heterocycles. The van der Waals surface area contributed by atoms with Gasteiger partial charge in [0.2, 0.25) is 0 Å². The Morgan fingerprint density at radius 3 is 2.79 bits per heavy atom. The number of rotatable bonds is 6. The van der Waals surface area contributed by atoms with Gasteiger partial charge < -0.3 is 5.32 Å². The summed E-state index contributed by atoms with van der Waals surface area (Å²) in [5, 5.41) is 6.05. The molecule has 3 rings (SSSR count). The van der Waals surface area contributed by atoms with E-state index in [0.717, 1.165) is 38.3 Å². The van der Waals surface area contributed by atoms with Crippen LogP contribution in [0.25, 0.3) is 27.0 Å². The number of hydrogen-bond donors (Lipinski definition) is 2. The van der Waals surface area contributed by atoms with Gasteiger partial charge in [-0.15, -0.1) is 0 Å².